The van der Waals surface area contributed by atoms with Crippen molar-refractivity contribution in [2.45, 2.75) is 29.9 Å². The Balaban J connectivity index is 3.26. The second-order valence-electron chi connectivity index (χ2n) is 3.51. The van der Waals surface area contributed by atoms with Gasteiger partial charge in [-0.1, -0.05) is 6.92 Å². The Bertz CT molecular complexity index is 549. The van der Waals surface area contributed by atoms with Crippen LogP contribution in [0, 0.1) is 23.0 Å². The van der Waals surface area contributed by atoms with E-state index in [0.29, 0.717) is 6.07 Å². The molecule has 6 heteroatoms. The van der Waals surface area contributed by atoms with Crippen LogP contribution in [0.25, 0.3) is 0 Å². The van der Waals surface area contributed by atoms with Crippen LogP contribution in [0.3, 0.4) is 0 Å². The predicted molar refractivity (Wildman–Crippen MR) is 57.9 cm³/mol. The van der Waals surface area contributed by atoms with Gasteiger partial charge in [0.15, 0.2) is 9.84 Å². The molecule has 1 rings (SSSR count). The maximum atomic E-state index is 13.4. The number of nitriles is 1. The third-order valence-electron chi connectivity index (χ3n) is 2.41. The number of hydrogen-bond acceptors (Lipinski definition) is 3. The summed E-state index contributed by atoms with van der Waals surface area (Å²) in [5, 5.41) is 7.56. The summed E-state index contributed by atoms with van der Waals surface area (Å²) in [5.41, 5.74) is 0. The van der Waals surface area contributed by atoms with E-state index in [-0.39, 0.29) is 12.8 Å². The Kier molecular flexibility index (Phi) is 4.18. The lowest BCUT2D eigenvalue weighted by Gasteiger charge is -2.13. The zero-order chi connectivity index (χ0) is 13.1. The summed E-state index contributed by atoms with van der Waals surface area (Å²) in [5.74, 6) is -1.96. The van der Waals surface area contributed by atoms with E-state index >= 15 is 0 Å². The fourth-order valence-electron chi connectivity index (χ4n) is 1.46. The molecule has 1 aromatic carbocycles. The first-order chi connectivity index (χ1) is 7.93. The smallest absolute Gasteiger partial charge is 0.185 e. The Morgan fingerprint density at radius 2 is 2.06 bits per heavy atom. The normalized spacial score (nSPS) is 13.1. The highest BCUT2D eigenvalue weighted by molar-refractivity contribution is 7.92. The zero-order valence-corrected chi connectivity index (χ0v) is 9.97. The van der Waals surface area contributed by atoms with Crippen molar-refractivity contribution in [1.29, 1.82) is 5.26 Å². The van der Waals surface area contributed by atoms with Crippen LogP contribution in [0.4, 0.5) is 8.78 Å². The molecule has 1 atom stereocenters. The van der Waals surface area contributed by atoms with E-state index in [4.69, 9.17) is 5.26 Å². The lowest BCUT2D eigenvalue weighted by atomic mass is 10.3. The largest absolute Gasteiger partial charge is 0.223 e. The van der Waals surface area contributed by atoms with Crippen LogP contribution in [0.2, 0.25) is 0 Å². The van der Waals surface area contributed by atoms with Crippen LogP contribution in [0.15, 0.2) is 23.1 Å². The molecule has 0 saturated carbocycles. The highest BCUT2D eigenvalue weighted by atomic mass is 32.2. The van der Waals surface area contributed by atoms with Gasteiger partial charge in [-0.15, -0.1) is 0 Å². The van der Waals surface area contributed by atoms with Crippen molar-refractivity contribution in [3.05, 3.63) is 29.8 Å². The monoisotopic (exact) mass is 259 g/mol. The predicted octanol–water partition coefficient (Wildman–Crippen LogP) is 2.43. The Hall–Kier alpha value is -1.48. The third kappa shape index (κ3) is 2.80. The van der Waals surface area contributed by atoms with Gasteiger partial charge in [0.2, 0.25) is 0 Å². The molecule has 0 saturated heterocycles. The van der Waals surface area contributed by atoms with E-state index in [1.807, 2.05) is 0 Å². The number of benzene rings is 1. The van der Waals surface area contributed by atoms with Crippen LogP contribution in [0.1, 0.15) is 19.8 Å². The molecule has 0 radical (unpaired) electrons. The fourth-order valence-corrected chi connectivity index (χ4v) is 3.14. The Labute approximate surface area is 98.6 Å². The molecule has 0 heterocycles. The van der Waals surface area contributed by atoms with E-state index in [9.17, 15) is 17.2 Å². The summed E-state index contributed by atoms with van der Waals surface area (Å²) < 4.78 is 50.0. The van der Waals surface area contributed by atoms with Crippen LogP contribution in [0.5, 0.6) is 0 Å². The molecule has 0 amide bonds. The molecule has 0 spiro atoms. The van der Waals surface area contributed by atoms with Gasteiger partial charge in [-0.3, -0.25) is 0 Å². The first-order valence-corrected chi connectivity index (χ1v) is 6.54. The quantitative estimate of drug-likeness (QED) is 0.780. The summed E-state index contributed by atoms with van der Waals surface area (Å²) in [6.45, 7) is 1.60. The van der Waals surface area contributed by atoms with E-state index in [1.54, 1.807) is 13.0 Å². The molecule has 0 N–H and O–H groups in total. The highest BCUT2D eigenvalue weighted by Crippen LogP contribution is 2.23. The molecule has 0 fully saturated rings. The lowest BCUT2D eigenvalue weighted by Crippen LogP contribution is -2.21. The summed E-state index contributed by atoms with van der Waals surface area (Å²) in [6, 6.07) is 4.04. The van der Waals surface area contributed by atoms with Crippen LogP contribution >= 0.6 is 0 Å². The van der Waals surface area contributed by atoms with Crippen molar-refractivity contribution in [1.82, 2.24) is 0 Å². The summed E-state index contributed by atoms with van der Waals surface area (Å²) in [7, 11) is -3.92. The zero-order valence-electron chi connectivity index (χ0n) is 9.15. The summed E-state index contributed by atoms with van der Waals surface area (Å²) in [4.78, 5) is -0.555. The maximum Gasteiger partial charge on any atom is 0.185 e. The van der Waals surface area contributed by atoms with Gasteiger partial charge in [-0.05, 0) is 18.6 Å². The van der Waals surface area contributed by atoms with Crippen molar-refractivity contribution >= 4 is 9.84 Å². The summed E-state index contributed by atoms with van der Waals surface area (Å²) >= 11 is 0. The van der Waals surface area contributed by atoms with Crippen LogP contribution in [-0.4, -0.2) is 13.7 Å². The van der Waals surface area contributed by atoms with E-state index in [2.05, 4.69) is 0 Å². The minimum absolute atomic E-state index is 0.201. The molecule has 0 aliphatic carbocycles. The topological polar surface area (TPSA) is 57.9 Å². The van der Waals surface area contributed by atoms with Crippen molar-refractivity contribution in [3.8, 4) is 6.07 Å². The first kappa shape index (κ1) is 13.6. The first-order valence-electron chi connectivity index (χ1n) is 4.99. The second kappa shape index (κ2) is 5.23. The molecule has 0 aromatic heterocycles. The molecule has 1 aromatic rings. The van der Waals surface area contributed by atoms with Gasteiger partial charge in [0.1, 0.15) is 16.5 Å². The van der Waals surface area contributed by atoms with Gasteiger partial charge >= 0.3 is 0 Å². The van der Waals surface area contributed by atoms with Crippen LogP contribution in [-0.2, 0) is 9.84 Å². The standard InChI is InChI=1S/C11H11F2NO2S/c1-2-9(5-6-14)17(15,16)11-4-3-8(12)7-10(11)13/h3-4,7,9H,2,5H2,1H3. The second-order valence-corrected chi connectivity index (χ2v) is 5.71. The molecule has 17 heavy (non-hydrogen) atoms. The van der Waals surface area contributed by atoms with Gasteiger partial charge in [-0.25, -0.2) is 17.2 Å². The third-order valence-corrected chi connectivity index (χ3v) is 4.74. The van der Waals surface area contributed by atoms with Crippen LogP contribution < -0.4 is 0 Å². The number of sulfone groups is 1. The average Bonchev–Trinajstić information content (AvgIpc) is 2.24. The molecule has 1 unspecified atom stereocenters. The van der Waals surface area contributed by atoms with E-state index < -0.39 is 31.6 Å². The van der Waals surface area contributed by atoms with Gasteiger partial charge in [0.25, 0.3) is 0 Å². The highest BCUT2D eigenvalue weighted by Gasteiger charge is 2.28. The van der Waals surface area contributed by atoms with Crippen molar-refractivity contribution in [2.24, 2.45) is 0 Å². The number of hydrogen-bond donors (Lipinski definition) is 0. The maximum absolute atomic E-state index is 13.4. The van der Waals surface area contributed by atoms with Crippen molar-refractivity contribution in [3.63, 3.8) is 0 Å². The molecular weight excluding hydrogens is 248 g/mol. The minimum atomic E-state index is -3.92. The number of rotatable bonds is 4. The molecule has 92 valence electrons. The molecule has 3 nitrogen and oxygen atoms in total. The van der Waals surface area contributed by atoms with E-state index in [0.717, 1.165) is 12.1 Å². The average molecular weight is 259 g/mol. The SMILES string of the molecule is CCC(CC#N)S(=O)(=O)c1ccc(F)cc1F. The van der Waals surface area contributed by atoms with Gasteiger partial charge in [0, 0.05) is 6.07 Å². The lowest BCUT2D eigenvalue weighted by molar-refractivity contribution is 0.541. The van der Waals surface area contributed by atoms with E-state index in [1.165, 1.54) is 0 Å². The van der Waals surface area contributed by atoms with Gasteiger partial charge in [0.05, 0.1) is 17.7 Å². The summed E-state index contributed by atoms with van der Waals surface area (Å²) in [6.07, 6.45) is -0.0115. The molecule has 0 aliphatic rings. The fraction of sp³-hybridized carbons (Fsp3) is 0.364. The van der Waals surface area contributed by atoms with Crippen molar-refractivity contribution < 1.29 is 17.2 Å². The number of halogens is 2. The Morgan fingerprint density at radius 3 is 2.53 bits per heavy atom. The minimum Gasteiger partial charge on any atom is -0.223 e. The van der Waals surface area contributed by atoms with Gasteiger partial charge in [-0.2, -0.15) is 5.26 Å². The Morgan fingerprint density at radius 1 is 1.41 bits per heavy atom. The van der Waals surface area contributed by atoms with Gasteiger partial charge < -0.3 is 0 Å². The molecule has 0 aliphatic heterocycles. The molecular formula is C11H11F2NO2S. The van der Waals surface area contributed by atoms with Crippen molar-refractivity contribution in [2.75, 3.05) is 0 Å². The number of nitrogens with zero attached hydrogens (tertiary/aromatic N) is 1. The molecule has 0 bridgehead atoms.